The Hall–Kier alpha value is -2.69. The molecule has 0 spiro atoms. The highest BCUT2D eigenvalue weighted by atomic mass is 35.5. The minimum Gasteiger partial charge on any atom is -0.391 e. The molecule has 2 saturated carbocycles. The maximum Gasteiger partial charge on any atom is 0.417 e. The van der Waals surface area contributed by atoms with Gasteiger partial charge in [-0.3, -0.25) is 0 Å². The first-order chi connectivity index (χ1) is 18.6. The van der Waals surface area contributed by atoms with Crippen LogP contribution in [0, 0.1) is 18.8 Å². The normalized spacial score (nSPS) is 25.7. The Bertz CT molecular complexity index is 1490. The van der Waals surface area contributed by atoms with Crippen molar-refractivity contribution in [3.63, 3.8) is 0 Å². The minimum atomic E-state index is -4.49. The Morgan fingerprint density at radius 2 is 1.95 bits per heavy atom. The number of imidazole rings is 1. The van der Waals surface area contributed by atoms with Crippen molar-refractivity contribution in [2.24, 2.45) is 11.8 Å². The zero-order chi connectivity index (χ0) is 27.5. The van der Waals surface area contributed by atoms with Crippen LogP contribution >= 0.6 is 11.6 Å². The lowest BCUT2D eigenvalue weighted by Crippen LogP contribution is -2.44. The predicted molar refractivity (Wildman–Crippen MR) is 144 cm³/mol. The highest BCUT2D eigenvalue weighted by Gasteiger charge is 2.38. The molecule has 208 valence electrons. The number of hydrogen-bond acceptors (Lipinski definition) is 5. The van der Waals surface area contributed by atoms with Crippen molar-refractivity contribution in [2.75, 3.05) is 13.6 Å². The molecule has 0 amide bonds. The second-order valence-corrected chi connectivity index (χ2v) is 11.8. The van der Waals surface area contributed by atoms with Crippen molar-refractivity contribution in [3.05, 3.63) is 52.8 Å². The van der Waals surface area contributed by atoms with Crippen molar-refractivity contribution >= 4 is 33.7 Å². The molecule has 7 nitrogen and oxygen atoms in total. The first-order valence-corrected chi connectivity index (χ1v) is 13.9. The topological polar surface area (TPSA) is 82.9 Å². The molecule has 0 saturated heterocycles. The standard InChI is InChI=1S/C28H32ClF3N6O/c1-15-19-5-6-38(27(19)34-14-33-15)24-9-17(10-25(24)39)13-37(2)18-7-16(8-18)3-4-26-35-22-11-20(28(30,31)32)21(29)12-23(22)36-26/h5-6,11-12,14,16-18,24-25,39H,3-4,7-10,13H2,1-2H3,(H,35,36)/t16?,17-,18?,24+,25+/m0/s1. The second kappa shape index (κ2) is 10.1. The monoisotopic (exact) mass is 560 g/mol. The number of aliphatic hydroxyl groups is 1. The third-order valence-electron chi connectivity index (χ3n) is 8.75. The Kier molecular flexibility index (Phi) is 6.84. The van der Waals surface area contributed by atoms with Crippen LogP contribution in [0.4, 0.5) is 13.2 Å². The van der Waals surface area contributed by atoms with Crippen LogP contribution in [-0.2, 0) is 12.6 Å². The number of nitrogens with one attached hydrogen (secondary N) is 1. The van der Waals surface area contributed by atoms with Gasteiger partial charge < -0.3 is 19.6 Å². The van der Waals surface area contributed by atoms with Gasteiger partial charge >= 0.3 is 6.18 Å². The van der Waals surface area contributed by atoms with Crippen molar-refractivity contribution < 1.29 is 18.3 Å². The number of H-pyrrole nitrogens is 1. The lowest BCUT2D eigenvalue weighted by atomic mass is 9.76. The Morgan fingerprint density at radius 1 is 1.15 bits per heavy atom. The summed E-state index contributed by atoms with van der Waals surface area (Å²) in [6.45, 7) is 2.92. The second-order valence-electron chi connectivity index (χ2n) is 11.4. The summed E-state index contributed by atoms with van der Waals surface area (Å²) in [5, 5.41) is 11.6. The fourth-order valence-corrected chi connectivity index (χ4v) is 6.78. The van der Waals surface area contributed by atoms with E-state index in [9.17, 15) is 18.3 Å². The summed E-state index contributed by atoms with van der Waals surface area (Å²) in [6.07, 6.45) is 4.24. The van der Waals surface area contributed by atoms with Crippen LogP contribution in [0.1, 0.15) is 55.2 Å². The molecule has 3 aromatic heterocycles. The first kappa shape index (κ1) is 26.5. The molecule has 0 aliphatic heterocycles. The number of hydrogen-bond donors (Lipinski definition) is 2. The maximum absolute atomic E-state index is 13.2. The third kappa shape index (κ3) is 5.14. The number of fused-ring (bicyclic) bond motifs is 2. The largest absolute Gasteiger partial charge is 0.417 e. The van der Waals surface area contributed by atoms with Gasteiger partial charge in [-0.15, -0.1) is 0 Å². The van der Waals surface area contributed by atoms with Crippen molar-refractivity contribution in [1.29, 1.82) is 0 Å². The van der Waals surface area contributed by atoms with E-state index in [1.54, 1.807) is 6.33 Å². The van der Waals surface area contributed by atoms with E-state index in [1.807, 2.05) is 19.2 Å². The average Bonchev–Trinajstić information content (AvgIpc) is 3.53. The van der Waals surface area contributed by atoms with E-state index in [2.05, 4.69) is 36.5 Å². The summed E-state index contributed by atoms with van der Waals surface area (Å²) < 4.78 is 41.6. The van der Waals surface area contributed by atoms with Gasteiger partial charge in [-0.05, 0) is 76.1 Å². The molecular weight excluding hydrogens is 529 g/mol. The Balaban J connectivity index is 0.998. The number of halogens is 4. The zero-order valence-corrected chi connectivity index (χ0v) is 22.7. The smallest absolute Gasteiger partial charge is 0.391 e. The molecule has 3 atom stereocenters. The lowest BCUT2D eigenvalue weighted by Gasteiger charge is -2.42. The number of aliphatic hydroxyl groups excluding tert-OH is 1. The molecule has 2 fully saturated rings. The van der Waals surface area contributed by atoms with Crippen LogP contribution in [0.2, 0.25) is 5.02 Å². The molecule has 1 aromatic carbocycles. The van der Waals surface area contributed by atoms with Gasteiger partial charge in [-0.25, -0.2) is 15.0 Å². The summed E-state index contributed by atoms with van der Waals surface area (Å²) in [5.74, 6) is 1.68. The minimum absolute atomic E-state index is 0.0234. The molecule has 0 unspecified atom stereocenters. The quantitative estimate of drug-likeness (QED) is 0.292. The molecule has 39 heavy (non-hydrogen) atoms. The predicted octanol–water partition coefficient (Wildman–Crippen LogP) is 5.94. The van der Waals surface area contributed by atoms with Gasteiger partial charge in [0.1, 0.15) is 17.8 Å². The van der Waals surface area contributed by atoms with Crippen LogP contribution < -0.4 is 0 Å². The number of aryl methyl sites for hydroxylation is 2. The molecule has 0 bridgehead atoms. The van der Waals surface area contributed by atoms with Gasteiger partial charge in [0.2, 0.25) is 0 Å². The molecule has 0 radical (unpaired) electrons. The molecule has 11 heteroatoms. The Labute approximate surface area is 229 Å². The van der Waals surface area contributed by atoms with E-state index < -0.39 is 17.8 Å². The number of aromatic amines is 1. The number of benzene rings is 1. The fourth-order valence-electron chi connectivity index (χ4n) is 6.52. The van der Waals surface area contributed by atoms with E-state index in [4.69, 9.17) is 11.6 Å². The fraction of sp³-hybridized carbons (Fsp3) is 0.536. The van der Waals surface area contributed by atoms with Gasteiger partial charge in [0.15, 0.2) is 0 Å². The van der Waals surface area contributed by atoms with Crippen molar-refractivity contribution in [2.45, 2.75) is 69.8 Å². The van der Waals surface area contributed by atoms with Crippen LogP contribution in [0.15, 0.2) is 30.7 Å². The number of alkyl halides is 3. The van der Waals surface area contributed by atoms with Gasteiger partial charge in [0.05, 0.1) is 39.5 Å². The van der Waals surface area contributed by atoms with Gasteiger partial charge in [-0.1, -0.05) is 11.6 Å². The summed E-state index contributed by atoms with van der Waals surface area (Å²) in [4.78, 5) is 18.7. The molecule has 4 aromatic rings. The van der Waals surface area contributed by atoms with Crippen LogP contribution in [0.3, 0.4) is 0 Å². The maximum atomic E-state index is 13.2. The summed E-state index contributed by atoms with van der Waals surface area (Å²) in [7, 11) is 2.17. The highest BCUT2D eigenvalue weighted by molar-refractivity contribution is 6.32. The van der Waals surface area contributed by atoms with Crippen LogP contribution in [-0.4, -0.2) is 60.2 Å². The van der Waals surface area contributed by atoms with Crippen molar-refractivity contribution in [3.8, 4) is 0 Å². The van der Waals surface area contributed by atoms with Gasteiger partial charge in [0.25, 0.3) is 0 Å². The molecule has 2 aliphatic carbocycles. The summed E-state index contributed by atoms with van der Waals surface area (Å²) >= 11 is 5.83. The number of aromatic nitrogens is 5. The summed E-state index contributed by atoms with van der Waals surface area (Å²) in [5.41, 5.74) is 1.81. The van der Waals surface area contributed by atoms with E-state index in [1.165, 1.54) is 6.07 Å². The molecular formula is C28H32ClF3N6O. The van der Waals surface area contributed by atoms with Gasteiger partial charge in [0, 0.05) is 30.6 Å². The molecule has 6 rings (SSSR count). The van der Waals surface area contributed by atoms with Gasteiger partial charge in [-0.2, -0.15) is 13.2 Å². The van der Waals surface area contributed by atoms with Crippen molar-refractivity contribution in [1.82, 2.24) is 29.4 Å². The lowest BCUT2D eigenvalue weighted by molar-refractivity contribution is -0.137. The average molecular weight is 561 g/mol. The molecule has 2 aliphatic rings. The zero-order valence-electron chi connectivity index (χ0n) is 21.9. The summed E-state index contributed by atoms with van der Waals surface area (Å²) in [6, 6.07) is 4.89. The van der Waals surface area contributed by atoms with Crippen LogP contribution in [0.25, 0.3) is 22.1 Å². The van der Waals surface area contributed by atoms with E-state index in [-0.39, 0.29) is 11.1 Å². The molecule has 3 heterocycles. The Morgan fingerprint density at radius 3 is 2.72 bits per heavy atom. The number of rotatable bonds is 7. The van der Waals surface area contributed by atoms with E-state index >= 15 is 0 Å². The molecule has 2 N–H and O–H groups in total. The SMILES string of the molecule is Cc1ncnc2c1ccn2[C@@H]1C[C@H](CN(C)C2CC(CCc3nc4cc(Cl)c(C(F)(F)F)cc4[nH]3)C2)C[C@H]1O. The van der Waals surface area contributed by atoms with E-state index in [0.29, 0.717) is 41.2 Å². The van der Waals surface area contributed by atoms with Crippen LogP contribution in [0.5, 0.6) is 0 Å². The van der Waals surface area contributed by atoms with E-state index in [0.717, 1.165) is 61.4 Å². The highest BCUT2D eigenvalue weighted by Crippen LogP contribution is 2.40. The first-order valence-electron chi connectivity index (χ1n) is 13.5. The number of nitrogens with zero attached hydrogens (tertiary/aromatic N) is 5. The third-order valence-corrected chi connectivity index (χ3v) is 9.07.